The van der Waals surface area contributed by atoms with Gasteiger partial charge in [-0.15, -0.1) is 0 Å². The molecule has 2 rings (SSSR count). The molecule has 0 radical (unpaired) electrons. The molecule has 1 atom stereocenters. The van der Waals surface area contributed by atoms with Crippen molar-refractivity contribution < 1.29 is 13.7 Å². The predicted octanol–water partition coefficient (Wildman–Crippen LogP) is 3.30. The van der Waals surface area contributed by atoms with E-state index in [0.717, 1.165) is 11.1 Å². The van der Waals surface area contributed by atoms with Gasteiger partial charge in [0.05, 0.1) is 23.7 Å². The van der Waals surface area contributed by atoms with E-state index in [1.54, 1.807) is 31.4 Å². The molecule has 0 bridgehead atoms. The van der Waals surface area contributed by atoms with E-state index in [1.807, 2.05) is 32.0 Å². The number of ether oxygens (including phenoxy) is 1. The molecule has 0 N–H and O–H groups in total. The third-order valence-electron chi connectivity index (χ3n) is 3.28. The summed E-state index contributed by atoms with van der Waals surface area (Å²) in [6.45, 7) is 3.83. The van der Waals surface area contributed by atoms with Crippen molar-refractivity contribution in [1.29, 1.82) is 0 Å². The number of ketones is 1. The second-order valence-corrected chi connectivity index (χ2v) is 6.36. The molecule has 21 heavy (non-hydrogen) atoms. The summed E-state index contributed by atoms with van der Waals surface area (Å²) in [6.07, 6.45) is 0. The van der Waals surface area contributed by atoms with Crippen LogP contribution in [0.5, 0.6) is 5.75 Å². The van der Waals surface area contributed by atoms with E-state index in [9.17, 15) is 9.00 Å². The number of benzene rings is 2. The number of carbonyl (C=O) groups is 1. The van der Waals surface area contributed by atoms with Crippen LogP contribution in [0.4, 0.5) is 0 Å². The minimum absolute atomic E-state index is 0.00335. The Bertz CT molecular complexity index is 675. The monoisotopic (exact) mass is 302 g/mol. The van der Waals surface area contributed by atoms with E-state index in [2.05, 4.69) is 0 Å². The molecule has 0 saturated carbocycles. The topological polar surface area (TPSA) is 43.4 Å². The first-order chi connectivity index (χ1) is 10.0. The first-order valence-corrected chi connectivity index (χ1v) is 7.96. The molecule has 0 spiro atoms. The SMILES string of the molecule is COc1ccc(S(=O)CC(=O)c2cc(C)ccc2C)cc1. The van der Waals surface area contributed by atoms with Gasteiger partial charge in [0.1, 0.15) is 5.75 Å². The lowest BCUT2D eigenvalue weighted by atomic mass is 10.0. The van der Waals surface area contributed by atoms with Gasteiger partial charge in [0.2, 0.25) is 0 Å². The molecule has 2 aromatic rings. The molecule has 0 saturated heterocycles. The van der Waals surface area contributed by atoms with Gasteiger partial charge in [-0.05, 0) is 49.7 Å². The second kappa shape index (κ2) is 6.68. The highest BCUT2D eigenvalue weighted by Crippen LogP contribution is 2.17. The maximum absolute atomic E-state index is 12.3. The Balaban J connectivity index is 2.14. The number of carbonyl (C=O) groups excluding carboxylic acids is 1. The summed E-state index contributed by atoms with van der Waals surface area (Å²) in [5.41, 5.74) is 2.59. The zero-order valence-corrected chi connectivity index (χ0v) is 13.2. The van der Waals surface area contributed by atoms with Gasteiger partial charge >= 0.3 is 0 Å². The molecule has 110 valence electrons. The first-order valence-electron chi connectivity index (χ1n) is 6.64. The van der Waals surface area contributed by atoms with E-state index in [0.29, 0.717) is 16.2 Å². The van der Waals surface area contributed by atoms with Crippen molar-refractivity contribution in [3.05, 3.63) is 59.2 Å². The van der Waals surface area contributed by atoms with Gasteiger partial charge in [0.25, 0.3) is 0 Å². The molecule has 0 aromatic heterocycles. The van der Waals surface area contributed by atoms with Gasteiger partial charge in [0, 0.05) is 10.5 Å². The van der Waals surface area contributed by atoms with Crippen molar-refractivity contribution in [3.8, 4) is 5.75 Å². The van der Waals surface area contributed by atoms with Crippen LogP contribution in [0, 0.1) is 13.8 Å². The van der Waals surface area contributed by atoms with Gasteiger partial charge in [-0.1, -0.05) is 17.7 Å². The Morgan fingerprint density at radius 3 is 2.38 bits per heavy atom. The summed E-state index contributed by atoms with van der Waals surface area (Å²) in [5, 5.41) is 0. The normalized spacial score (nSPS) is 12.0. The summed E-state index contributed by atoms with van der Waals surface area (Å²) >= 11 is 0. The maximum Gasteiger partial charge on any atom is 0.175 e. The third-order valence-corrected chi connectivity index (χ3v) is 4.60. The number of hydrogen-bond donors (Lipinski definition) is 0. The van der Waals surface area contributed by atoms with E-state index in [1.165, 1.54) is 0 Å². The van der Waals surface area contributed by atoms with E-state index >= 15 is 0 Å². The standard InChI is InChI=1S/C17H18O3S/c1-12-4-5-13(2)16(10-12)17(18)11-21(19)15-8-6-14(20-3)7-9-15/h4-10H,11H2,1-3H3. The van der Waals surface area contributed by atoms with Crippen LogP contribution < -0.4 is 4.74 Å². The quantitative estimate of drug-likeness (QED) is 0.796. The minimum atomic E-state index is -1.34. The van der Waals surface area contributed by atoms with Crippen LogP contribution in [0.2, 0.25) is 0 Å². The number of hydrogen-bond acceptors (Lipinski definition) is 3. The lowest BCUT2D eigenvalue weighted by Gasteiger charge is -2.07. The van der Waals surface area contributed by atoms with Crippen molar-refractivity contribution in [1.82, 2.24) is 0 Å². The lowest BCUT2D eigenvalue weighted by molar-refractivity contribution is 0.102. The van der Waals surface area contributed by atoms with Crippen molar-refractivity contribution in [2.45, 2.75) is 18.7 Å². The van der Waals surface area contributed by atoms with Gasteiger partial charge in [-0.3, -0.25) is 9.00 Å². The largest absolute Gasteiger partial charge is 0.497 e. The third kappa shape index (κ3) is 3.79. The molecule has 1 unspecified atom stereocenters. The van der Waals surface area contributed by atoms with Gasteiger partial charge in [0.15, 0.2) is 5.78 Å². The molecule has 0 heterocycles. The van der Waals surface area contributed by atoms with Crippen molar-refractivity contribution in [2.24, 2.45) is 0 Å². The van der Waals surface area contributed by atoms with Crippen LogP contribution in [-0.4, -0.2) is 22.9 Å². The fraction of sp³-hybridized carbons (Fsp3) is 0.235. The van der Waals surface area contributed by atoms with Crippen LogP contribution in [0.1, 0.15) is 21.5 Å². The summed E-state index contributed by atoms with van der Waals surface area (Å²) in [7, 11) is 0.235. The zero-order valence-electron chi connectivity index (χ0n) is 12.4. The van der Waals surface area contributed by atoms with Gasteiger partial charge in [-0.2, -0.15) is 0 Å². The molecule has 4 heteroatoms. The predicted molar refractivity (Wildman–Crippen MR) is 84.5 cm³/mol. The molecule has 0 amide bonds. The molecule has 0 aliphatic rings. The molecule has 0 aliphatic heterocycles. The fourth-order valence-electron chi connectivity index (χ4n) is 2.04. The Morgan fingerprint density at radius 2 is 1.76 bits per heavy atom. The molecular weight excluding hydrogens is 284 g/mol. The smallest absolute Gasteiger partial charge is 0.175 e. The number of rotatable bonds is 5. The number of Topliss-reactive ketones (excluding diaryl/α,β-unsaturated/α-hetero) is 1. The van der Waals surface area contributed by atoms with Crippen LogP contribution in [0.15, 0.2) is 47.4 Å². The average Bonchev–Trinajstić information content (AvgIpc) is 2.49. The fourth-order valence-corrected chi connectivity index (χ4v) is 3.04. The summed E-state index contributed by atoms with van der Waals surface area (Å²) in [4.78, 5) is 12.9. The number of methoxy groups -OCH3 is 1. The molecule has 3 nitrogen and oxygen atoms in total. The Kier molecular flexibility index (Phi) is 4.91. The van der Waals surface area contributed by atoms with Crippen LogP contribution in [0.25, 0.3) is 0 Å². The summed E-state index contributed by atoms with van der Waals surface area (Å²) in [6, 6.07) is 12.7. The van der Waals surface area contributed by atoms with Gasteiger partial charge in [-0.25, -0.2) is 0 Å². The second-order valence-electron chi connectivity index (χ2n) is 4.91. The molecule has 0 aliphatic carbocycles. The van der Waals surface area contributed by atoms with Crippen molar-refractivity contribution >= 4 is 16.6 Å². The summed E-state index contributed by atoms with van der Waals surface area (Å²) < 4.78 is 17.3. The first kappa shape index (κ1) is 15.4. The molecule has 0 fully saturated rings. The Morgan fingerprint density at radius 1 is 1.10 bits per heavy atom. The van der Waals surface area contributed by atoms with E-state index < -0.39 is 10.8 Å². The Hall–Kier alpha value is -1.94. The zero-order chi connectivity index (χ0) is 15.4. The van der Waals surface area contributed by atoms with Crippen molar-refractivity contribution in [3.63, 3.8) is 0 Å². The highest BCUT2D eigenvalue weighted by atomic mass is 32.2. The van der Waals surface area contributed by atoms with E-state index in [4.69, 9.17) is 4.74 Å². The Labute approximate surface area is 127 Å². The van der Waals surface area contributed by atoms with Crippen LogP contribution in [-0.2, 0) is 10.8 Å². The molecular formula is C17H18O3S. The minimum Gasteiger partial charge on any atom is -0.497 e. The maximum atomic E-state index is 12.3. The van der Waals surface area contributed by atoms with Crippen molar-refractivity contribution in [2.75, 3.05) is 12.9 Å². The van der Waals surface area contributed by atoms with Crippen LogP contribution in [0.3, 0.4) is 0 Å². The highest BCUT2D eigenvalue weighted by molar-refractivity contribution is 7.85. The van der Waals surface area contributed by atoms with Crippen LogP contribution >= 0.6 is 0 Å². The summed E-state index contributed by atoms with van der Waals surface area (Å²) in [5.74, 6) is 0.610. The highest BCUT2D eigenvalue weighted by Gasteiger charge is 2.14. The average molecular weight is 302 g/mol. The number of aryl methyl sites for hydroxylation is 2. The van der Waals surface area contributed by atoms with E-state index in [-0.39, 0.29) is 11.5 Å². The molecule has 2 aromatic carbocycles. The van der Waals surface area contributed by atoms with Gasteiger partial charge < -0.3 is 4.74 Å². The lowest BCUT2D eigenvalue weighted by Crippen LogP contribution is -2.12.